The van der Waals surface area contributed by atoms with E-state index < -0.39 is 6.10 Å². The van der Waals surface area contributed by atoms with Crippen LogP contribution in [0.3, 0.4) is 0 Å². The highest BCUT2D eigenvalue weighted by Crippen LogP contribution is 2.05. The Morgan fingerprint density at radius 1 is 1.39 bits per heavy atom. The third kappa shape index (κ3) is 7.45. The van der Waals surface area contributed by atoms with Crippen molar-refractivity contribution in [1.82, 2.24) is 10.6 Å². The molecule has 18 heavy (non-hydrogen) atoms. The average molecular weight is 256 g/mol. The van der Waals surface area contributed by atoms with Crippen LogP contribution in [0.4, 0.5) is 0 Å². The summed E-state index contributed by atoms with van der Waals surface area (Å²) in [4.78, 5) is 11.5. The molecule has 0 aliphatic carbocycles. The number of aliphatic hydroxyl groups is 1. The Morgan fingerprint density at radius 2 is 2.00 bits per heavy atom. The number of piperidine rings is 1. The smallest absolute Gasteiger partial charge is 0.249 e. The van der Waals surface area contributed by atoms with Gasteiger partial charge in [-0.05, 0) is 39.2 Å². The Kier molecular flexibility index (Phi) is 9.60. The van der Waals surface area contributed by atoms with Crippen molar-refractivity contribution in [1.29, 1.82) is 0 Å². The van der Waals surface area contributed by atoms with Gasteiger partial charge in [0.1, 0.15) is 6.10 Å². The zero-order chi connectivity index (χ0) is 14.0. The van der Waals surface area contributed by atoms with Crippen molar-refractivity contribution in [2.24, 2.45) is 5.92 Å². The van der Waals surface area contributed by atoms with Crippen LogP contribution in [-0.2, 0) is 4.79 Å². The zero-order valence-electron chi connectivity index (χ0n) is 12.1. The van der Waals surface area contributed by atoms with Gasteiger partial charge in [0, 0.05) is 12.6 Å². The molecule has 0 aromatic heterocycles. The molecular formula is C14H28N2O2. The maximum Gasteiger partial charge on any atom is 0.249 e. The summed E-state index contributed by atoms with van der Waals surface area (Å²) in [6, 6.07) is 0.185. The van der Waals surface area contributed by atoms with Gasteiger partial charge in [-0.25, -0.2) is 0 Å². The van der Waals surface area contributed by atoms with Gasteiger partial charge in [-0.2, -0.15) is 0 Å². The van der Waals surface area contributed by atoms with Crippen molar-refractivity contribution < 1.29 is 9.90 Å². The molecule has 1 heterocycles. The van der Waals surface area contributed by atoms with Gasteiger partial charge in [0.25, 0.3) is 0 Å². The first-order valence-corrected chi connectivity index (χ1v) is 6.79. The van der Waals surface area contributed by atoms with Crippen LogP contribution in [0.2, 0.25) is 0 Å². The molecule has 1 fully saturated rings. The Balaban J connectivity index is 0.000000631. The second kappa shape index (κ2) is 10.1. The van der Waals surface area contributed by atoms with Crippen molar-refractivity contribution in [3.05, 3.63) is 12.2 Å². The van der Waals surface area contributed by atoms with Crippen molar-refractivity contribution in [2.75, 3.05) is 13.1 Å². The zero-order valence-corrected chi connectivity index (χ0v) is 12.1. The Labute approximate surface area is 111 Å². The molecule has 0 saturated carbocycles. The van der Waals surface area contributed by atoms with Gasteiger partial charge in [-0.1, -0.05) is 26.0 Å². The highest BCUT2D eigenvalue weighted by Gasteiger charge is 2.22. The Hall–Kier alpha value is -0.870. The first-order valence-electron chi connectivity index (χ1n) is 6.79. The molecule has 1 amide bonds. The second-order valence-corrected chi connectivity index (χ2v) is 4.91. The molecule has 106 valence electrons. The normalized spacial score (nSPS) is 21.3. The number of hydrogen-bond acceptors (Lipinski definition) is 3. The van der Waals surface area contributed by atoms with Crippen LogP contribution < -0.4 is 10.6 Å². The molecule has 3 N–H and O–H groups in total. The number of rotatable bonds is 3. The van der Waals surface area contributed by atoms with Crippen LogP contribution in [0.25, 0.3) is 0 Å². The van der Waals surface area contributed by atoms with Gasteiger partial charge in [0.15, 0.2) is 0 Å². The summed E-state index contributed by atoms with van der Waals surface area (Å²) in [5.74, 6) is -0.264. The number of amides is 1. The molecule has 4 nitrogen and oxygen atoms in total. The summed E-state index contributed by atoms with van der Waals surface area (Å²) in [6.07, 6.45) is 5.21. The number of hydrogen-bond donors (Lipinski definition) is 3. The average Bonchev–Trinajstić information content (AvgIpc) is 2.39. The number of aliphatic hydroxyl groups excluding tert-OH is 1. The predicted molar refractivity (Wildman–Crippen MR) is 75.4 cm³/mol. The van der Waals surface area contributed by atoms with Gasteiger partial charge < -0.3 is 15.7 Å². The van der Waals surface area contributed by atoms with Gasteiger partial charge in [-0.3, -0.25) is 4.79 Å². The fourth-order valence-electron chi connectivity index (χ4n) is 1.56. The van der Waals surface area contributed by atoms with Crippen LogP contribution in [0.1, 0.15) is 40.5 Å². The summed E-state index contributed by atoms with van der Waals surface area (Å²) in [5, 5.41) is 15.6. The molecule has 0 spiro atoms. The van der Waals surface area contributed by atoms with E-state index in [9.17, 15) is 9.90 Å². The van der Waals surface area contributed by atoms with E-state index in [1.54, 1.807) is 0 Å². The van der Waals surface area contributed by atoms with Crippen LogP contribution in [0.5, 0.6) is 0 Å². The highest BCUT2D eigenvalue weighted by atomic mass is 16.3. The molecular weight excluding hydrogens is 228 g/mol. The molecule has 0 aromatic carbocycles. The third-order valence-electron chi connectivity index (χ3n) is 2.88. The molecule has 0 radical (unpaired) electrons. The van der Waals surface area contributed by atoms with Gasteiger partial charge in [0.2, 0.25) is 5.91 Å². The number of carbonyl (C=O) groups is 1. The second-order valence-electron chi connectivity index (χ2n) is 4.91. The summed E-state index contributed by atoms with van der Waals surface area (Å²) >= 11 is 0. The lowest BCUT2D eigenvalue weighted by Crippen LogP contribution is -2.49. The lowest BCUT2D eigenvalue weighted by molar-refractivity contribution is -0.132. The molecule has 1 aliphatic heterocycles. The van der Waals surface area contributed by atoms with Crippen molar-refractivity contribution in [3.63, 3.8) is 0 Å². The summed E-state index contributed by atoms with van der Waals surface area (Å²) in [7, 11) is 0. The van der Waals surface area contributed by atoms with Crippen molar-refractivity contribution in [3.8, 4) is 0 Å². The fourth-order valence-corrected chi connectivity index (χ4v) is 1.56. The van der Waals surface area contributed by atoms with Crippen molar-refractivity contribution in [2.45, 2.75) is 52.7 Å². The van der Waals surface area contributed by atoms with E-state index >= 15 is 0 Å². The number of allylic oxidation sites excluding steroid dienone is 2. The minimum Gasteiger partial charge on any atom is -0.383 e. The molecule has 1 unspecified atom stereocenters. The van der Waals surface area contributed by atoms with Gasteiger partial charge >= 0.3 is 0 Å². The molecule has 0 bridgehead atoms. The molecule has 1 aliphatic rings. The fraction of sp³-hybridized carbons (Fsp3) is 0.786. The number of nitrogens with one attached hydrogen (secondary N) is 2. The molecule has 0 aromatic rings. The van der Waals surface area contributed by atoms with E-state index in [0.29, 0.717) is 0 Å². The largest absolute Gasteiger partial charge is 0.383 e. The van der Waals surface area contributed by atoms with Crippen molar-refractivity contribution >= 4 is 5.91 Å². The summed E-state index contributed by atoms with van der Waals surface area (Å²) in [6.45, 7) is 9.52. The first-order chi connectivity index (χ1) is 8.52. The lowest BCUT2D eigenvalue weighted by atomic mass is 10.0. The number of carbonyl (C=O) groups excluding carboxylic acids is 1. The van der Waals surface area contributed by atoms with E-state index in [4.69, 9.17) is 0 Å². The topological polar surface area (TPSA) is 61.4 Å². The summed E-state index contributed by atoms with van der Waals surface area (Å²) in [5.41, 5.74) is 0. The van der Waals surface area contributed by atoms with Crippen LogP contribution in [0, 0.1) is 5.92 Å². The van der Waals surface area contributed by atoms with Crippen LogP contribution in [-0.4, -0.2) is 36.2 Å². The van der Waals surface area contributed by atoms with E-state index in [-0.39, 0.29) is 17.9 Å². The SMILES string of the molecule is C/C=C/C.CC(C)C(O)C(=O)N[C@H]1CCCNC1. The first kappa shape index (κ1) is 17.1. The summed E-state index contributed by atoms with van der Waals surface area (Å²) < 4.78 is 0. The quantitative estimate of drug-likeness (QED) is 0.670. The monoisotopic (exact) mass is 256 g/mol. The third-order valence-corrected chi connectivity index (χ3v) is 2.88. The minimum atomic E-state index is -0.878. The standard InChI is InChI=1S/C10H20N2O2.C4H8/c1-7(2)9(13)10(14)12-8-4-3-5-11-6-8;1-3-4-2/h7-9,11,13H,3-6H2,1-2H3,(H,12,14);3-4H,1-2H3/b;4-3+/t8-,9?;/m0./s1. The Morgan fingerprint density at radius 3 is 2.39 bits per heavy atom. The van der Waals surface area contributed by atoms with E-state index in [1.165, 1.54) is 0 Å². The predicted octanol–water partition coefficient (Wildman–Crippen LogP) is 1.45. The maximum absolute atomic E-state index is 11.5. The van der Waals surface area contributed by atoms with Crippen LogP contribution >= 0.6 is 0 Å². The van der Waals surface area contributed by atoms with E-state index in [0.717, 1.165) is 25.9 Å². The van der Waals surface area contributed by atoms with Crippen LogP contribution in [0.15, 0.2) is 12.2 Å². The molecule has 4 heteroatoms. The Bertz CT molecular complexity index is 242. The van der Waals surface area contributed by atoms with Gasteiger partial charge in [-0.15, -0.1) is 0 Å². The van der Waals surface area contributed by atoms with Gasteiger partial charge in [0.05, 0.1) is 0 Å². The van der Waals surface area contributed by atoms with E-state index in [1.807, 2.05) is 39.8 Å². The van der Waals surface area contributed by atoms with E-state index in [2.05, 4.69) is 10.6 Å². The molecule has 1 rings (SSSR count). The lowest BCUT2D eigenvalue weighted by Gasteiger charge is -2.25. The molecule has 1 saturated heterocycles. The highest BCUT2D eigenvalue weighted by molar-refractivity contribution is 5.81. The minimum absolute atomic E-state index is 0.0217. The maximum atomic E-state index is 11.5. The molecule has 2 atom stereocenters.